The van der Waals surface area contributed by atoms with Crippen LogP contribution in [0.15, 0.2) is 5.16 Å². The molecule has 3 amide bonds. The second kappa shape index (κ2) is 14.5. The standard InChI is InChI=1S/C15H28N4O5S2/c1-6-8-10-19(15(22)23-11-9-16-12(3)20)26-18(5)14(21)24-17-13(4)25-7-2/h6-11H2,1-5H3,(H,16,20). The van der Waals surface area contributed by atoms with E-state index in [1.165, 1.54) is 30.0 Å². The second-order valence-electron chi connectivity index (χ2n) is 5.03. The van der Waals surface area contributed by atoms with Crippen LogP contribution >= 0.6 is 23.9 Å². The van der Waals surface area contributed by atoms with Crippen molar-refractivity contribution in [1.82, 2.24) is 13.9 Å². The molecule has 0 spiro atoms. The maximum atomic E-state index is 12.2. The number of rotatable bonds is 10. The van der Waals surface area contributed by atoms with Crippen LogP contribution in [-0.2, 0) is 14.4 Å². The van der Waals surface area contributed by atoms with Crippen LogP contribution in [0.25, 0.3) is 0 Å². The number of nitrogens with zero attached hydrogens (tertiary/aromatic N) is 3. The normalized spacial score (nSPS) is 10.9. The summed E-state index contributed by atoms with van der Waals surface area (Å²) in [5, 5.41) is 6.90. The Morgan fingerprint density at radius 2 is 1.85 bits per heavy atom. The molecule has 0 aliphatic rings. The van der Waals surface area contributed by atoms with Gasteiger partial charge in [-0.25, -0.2) is 18.2 Å². The van der Waals surface area contributed by atoms with E-state index in [-0.39, 0.29) is 19.1 Å². The van der Waals surface area contributed by atoms with Crippen LogP contribution < -0.4 is 5.32 Å². The molecule has 0 saturated carbocycles. The number of carbonyl (C=O) groups is 3. The number of hydrogen-bond acceptors (Lipinski definition) is 8. The summed E-state index contributed by atoms with van der Waals surface area (Å²) in [4.78, 5) is 39.8. The van der Waals surface area contributed by atoms with Crippen LogP contribution in [0.2, 0.25) is 0 Å². The topological polar surface area (TPSA) is 101 Å². The van der Waals surface area contributed by atoms with Crippen molar-refractivity contribution in [1.29, 1.82) is 0 Å². The number of ether oxygens (including phenoxy) is 1. The summed E-state index contributed by atoms with van der Waals surface area (Å²) in [6.45, 7) is 7.78. The zero-order valence-electron chi connectivity index (χ0n) is 15.9. The third-order valence-corrected chi connectivity index (χ3v) is 4.41. The van der Waals surface area contributed by atoms with Crippen LogP contribution in [0.5, 0.6) is 0 Å². The third kappa shape index (κ3) is 11.9. The Bertz CT molecular complexity index is 491. The van der Waals surface area contributed by atoms with Crippen molar-refractivity contribution in [2.24, 2.45) is 5.16 Å². The van der Waals surface area contributed by atoms with E-state index in [1.54, 1.807) is 6.92 Å². The number of hydrogen-bond donors (Lipinski definition) is 1. The van der Waals surface area contributed by atoms with Crippen LogP contribution in [0, 0.1) is 0 Å². The summed E-state index contributed by atoms with van der Waals surface area (Å²) in [6.07, 6.45) is 0.344. The lowest BCUT2D eigenvalue weighted by molar-refractivity contribution is -0.119. The Morgan fingerprint density at radius 3 is 2.42 bits per heavy atom. The minimum absolute atomic E-state index is 0.0491. The Balaban J connectivity index is 4.56. The average molecular weight is 409 g/mol. The lowest BCUT2D eigenvalue weighted by Crippen LogP contribution is -2.34. The molecule has 0 bridgehead atoms. The fraction of sp³-hybridized carbons (Fsp3) is 0.733. The van der Waals surface area contributed by atoms with Gasteiger partial charge in [0.25, 0.3) is 0 Å². The molecule has 0 rings (SSSR count). The van der Waals surface area contributed by atoms with E-state index >= 15 is 0 Å². The molecule has 1 N–H and O–H groups in total. The highest BCUT2D eigenvalue weighted by Crippen LogP contribution is 2.18. The minimum Gasteiger partial charge on any atom is -0.447 e. The molecule has 0 unspecified atom stereocenters. The fourth-order valence-corrected chi connectivity index (χ4v) is 2.72. The predicted molar refractivity (Wildman–Crippen MR) is 105 cm³/mol. The average Bonchev–Trinajstić information content (AvgIpc) is 2.59. The number of thioether (sulfide) groups is 1. The smallest absolute Gasteiger partial charge is 0.447 e. The van der Waals surface area contributed by atoms with Crippen molar-refractivity contribution in [3.8, 4) is 0 Å². The first kappa shape index (κ1) is 24.4. The van der Waals surface area contributed by atoms with E-state index in [4.69, 9.17) is 9.57 Å². The lowest BCUT2D eigenvalue weighted by Gasteiger charge is -2.24. The van der Waals surface area contributed by atoms with Crippen molar-refractivity contribution in [3.63, 3.8) is 0 Å². The highest BCUT2D eigenvalue weighted by atomic mass is 32.2. The third-order valence-electron chi connectivity index (χ3n) is 2.70. The number of nitrogens with one attached hydrogen (secondary N) is 1. The molecule has 0 aliphatic heterocycles. The van der Waals surface area contributed by atoms with Crippen LogP contribution in [0.4, 0.5) is 9.59 Å². The zero-order chi connectivity index (χ0) is 19.9. The van der Waals surface area contributed by atoms with Gasteiger partial charge in [0.15, 0.2) is 0 Å². The van der Waals surface area contributed by atoms with Gasteiger partial charge in [-0.1, -0.05) is 25.4 Å². The summed E-state index contributed by atoms with van der Waals surface area (Å²) in [7, 11) is 1.48. The monoisotopic (exact) mass is 408 g/mol. The van der Waals surface area contributed by atoms with Gasteiger partial charge in [-0.3, -0.25) is 9.63 Å². The molecular formula is C15H28N4O5S2. The maximum Gasteiger partial charge on any atom is 0.447 e. The largest absolute Gasteiger partial charge is 0.447 e. The van der Waals surface area contributed by atoms with E-state index in [0.29, 0.717) is 11.6 Å². The van der Waals surface area contributed by atoms with Crippen LogP contribution in [0.1, 0.15) is 40.5 Å². The highest BCUT2D eigenvalue weighted by molar-refractivity contribution is 8.13. The summed E-state index contributed by atoms with van der Waals surface area (Å²) in [6, 6.07) is 0. The summed E-state index contributed by atoms with van der Waals surface area (Å²) in [5.74, 6) is 0.630. The summed E-state index contributed by atoms with van der Waals surface area (Å²) < 4.78 is 7.60. The SMILES string of the molecule is CCCCN(SN(C)C(=O)ON=C(C)SCC)C(=O)OCCNC(C)=O. The first-order valence-electron chi connectivity index (χ1n) is 8.30. The van der Waals surface area contributed by atoms with E-state index in [2.05, 4.69) is 10.5 Å². The van der Waals surface area contributed by atoms with Gasteiger partial charge in [-0.15, -0.1) is 11.8 Å². The van der Waals surface area contributed by atoms with Gasteiger partial charge in [-0.2, -0.15) is 0 Å². The van der Waals surface area contributed by atoms with E-state index in [1.807, 2.05) is 13.8 Å². The first-order chi connectivity index (χ1) is 12.3. The Hall–Kier alpha value is -1.62. The van der Waals surface area contributed by atoms with Crippen molar-refractivity contribution < 1.29 is 24.0 Å². The molecule has 26 heavy (non-hydrogen) atoms. The fourth-order valence-electron chi connectivity index (χ4n) is 1.48. The molecule has 0 aliphatic carbocycles. The molecule has 0 aromatic rings. The van der Waals surface area contributed by atoms with Gasteiger partial charge in [-0.05, 0) is 19.1 Å². The van der Waals surface area contributed by atoms with Gasteiger partial charge in [0.2, 0.25) is 5.91 Å². The number of oxime groups is 1. The Kier molecular flexibility index (Phi) is 13.6. The molecule has 150 valence electrons. The van der Waals surface area contributed by atoms with Gasteiger partial charge < -0.3 is 10.1 Å². The molecule has 0 aromatic heterocycles. The van der Waals surface area contributed by atoms with Crippen LogP contribution in [-0.4, -0.2) is 64.2 Å². The zero-order valence-corrected chi connectivity index (χ0v) is 17.6. The van der Waals surface area contributed by atoms with Crippen molar-refractivity contribution in [2.45, 2.75) is 40.5 Å². The molecule has 0 saturated heterocycles. The molecule has 0 heterocycles. The number of carbonyl (C=O) groups excluding carboxylic acids is 3. The van der Waals surface area contributed by atoms with Crippen molar-refractivity contribution in [3.05, 3.63) is 0 Å². The second-order valence-corrected chi connectivity index (χ2v) is 7.64. The van der Waals surface area contributed by atoms with Gasteiger partial charge in [0, 0.05) is 20.5 Å². The van der Waals surface area contributed by atoms with E-state index in [0.717, 1.165) is 35.0 Å². The van der Waals surface area contributed by atoms with Crippen molar-refractivity contribution >= 4 is 47.0 Å². The lowest BCUT2D eigenvalue weighted by atomic mass is 10.3. The first-order valence-corrected chi connectivity index (χ1v) is 10.0. The van der Waals surface area contributed by atoms with Crippen molar-refractivity contribution in [2.75, 3.05) is 32.5 Å². The number of unbranched alkanes of at least 4 members (excludes halogenated alkanes) is 1. The van der Waals surface area contributed by atoms with Gasteiger partial charge in [0.05, 0.1) is 18.7 Å². The molecule has 9 nitrogen and oxygen atoms in total. The minimum atomic E-state index is -0.696. The van der Waals surface area contributed by atoms with E-state index in [9.17, 15) is 14.4 Å². The van der Waals surface area contributed by atoms with E-state index < -0.39 is 12.2 Å². The number of amides is 3. The molecule has 0 fully saturated rings. The molecule has 11 heteroatoms. The summed E-state index contributed by atoms with van der Waals surface area (Å²) >= 11 is 2.35. The van der Waals surface area contributed by atoms with Crippen LogP contribution in [0.3, 0.4) is 0 Å². The predicted octanol–water partition coefficient (Wildman–Crippen LogP) is 3.08. The highest BCUT2D eigenvalue weighted by Gasteiger charge is 2.22. The Morgan fingerprint density at radius 1 is 1.15 bits per heavy atom. The molecule has 0 aromatic carbocycles. The van der Waals surface area contributed by atoms with Gasteiger partial charge >= 0.3 is 12.2 Å². The Labute approximate surface area is 163 Å². The molecule has 0 radical (unpaired) electrons. The molecular weight excluding hydrogens is 380 g/mol. The maximum absolute atomic E-state index is 12.2. The van der Waals surface area contributed by atoms with Gasteiger partial charge in [0.1, 0.15) is 11.7 Å². The molecule has 0 atom stereocenters. The quantitative estimate of drug-likeness (QED) is 0.148. The summed E-state index contributed by atoms with van der Waals surface area (Å²) in [5.41, 5.74) is 0.